The lowest BCUT2D eigenvalue weighted by atomic mass is 10.1. The molecule has 1 aromatic carbocycles. The van der Waals surface area contributed by atoms with E-state index in [2.05, 4.69) is 15.9 Å². The maximum absolute atomic E-state index is 5.78. The Hall–Kier alpha value is -0.740. The van der Waals surface area contributed by atoms with Crippen LogP contribution in [0.2, 0.25) is 0 Å². The van der Waals surface area contributed by atoms with Gasteiger partial charge in [0, 0.05) is 22.1 Å². The molecule has 1 rings (SSSR count). The molecule has 0 saturated carbocycles. The highest BCUT2D eigenvalue weighted by molar-refractivity contribution is 9.10. The van der Waals surface area contributed by atoms with Gasteiger partial charge in [-0.25, -0.2) is 0 Å². The van der Waals surface area contributed by atoms with Crippen molar-refractivity contribution in [2.45, 2.75) is 19.4 Å². The van der Waals surface area contributed by atoms with Crippen molar-refractivity contribution >= 4 is 15.9 Å². The van der Waals surface area contributed by atoms with Crippen LogP contribution in [0.25, 0.3) is 0 Å². The molecule has 4 heteroatoms. The second kappa shape index (κ2) is 5.37. The summed E-state index contributed by atoms with van der Waals surface area (Å²) in [5.41, 5.74) is 6.86. The van der Waals surface area contributed by atoms with Crippen LogP contribution in [0.5, 0.6) is 11.5 Å². The zero-order chi connectivity index (χ0) is 11.4. The first-order chi connectivity index (χ1) is 7.08. The van der Waals surface area contributed by atoms with Crippen LogP contribution >= 0.6 is 15.9 Å². The third kappa shape index (κ3) is 3.11. The van der Waals surface area contributed by atoms with Crippen LogP contribution in [0.4, 0.5) is 0 Å². The number of methoxy groups -OCH3 is 2. The van der Waals surface area contributed by atoms with Crippen molar-refractivity contribution in [2.24, 2.45) is 5.73 Å². The number of benzene rings is 1. The minimum atomic E-state index is 0.101. The second-order valence-corrected chi connectivity index (χ2v) is 4.33. The fourth-order valence-electron chi connectivity index (χ4n) is 1.41. The van der Waals surface area contributed by atoms with Crippen LogP contribution in [-0.4, -0.2) is 20.3 Å². The number of nitrogens with two attached hydrogens (primary N) is 1. The molecular formula is C11H16BrNO2. The maximum Gasteiger partial charge on any atom is 0.126 e. The topological polar surface area (TPSA) is 44.5 Å². The van der Waals surface area contributed by atoms with Crippen LogP contribution in [0.3, 0.4) is 0 Å². The van der Waals surface area contributed by atoms with E-state index in [0.29, 0.717) is 0 Å². The molecule has 3 nitrogen and oxygen atoms in total. The Morgan fingerprint density at radius 1 is 1.33 bits per heavy atom. The van der Waals surface area contributed by atoms with Gasteiger partial charge in [0.15, 0.2) is 0 Å². The summed E-state index contributed by atoms with van der Waals surface area (Å²) in [6.45, 7) is 1.97. The molecule has 0 aliphatic rings. The number of hydrogen-bond donors (Lipinski definition) is 1. The van der Waals surface area contributed by atoms with Gasteiger partial charge in [-0.15, -0.1) is 0 Å². The highest BCUT2D eigenvalue weighted by atomic mass is 79.9. The van der Waals surface area contributed by atoms with Gasteiger partial charge < -0.3 is 15.2 Å². The fourth-order valence-corrected chi connectivity index (χ4v) is 1.99. The first kappa shape index (κ1) is 12.3. The molecule has 2 N–H and O–H groups in total. The van der Waals surface area contributed by atoms with Gasteiger partial charge in [0.25, 0.3) is 0 Å². The maximum atomic E-state index is 5.78. The van der Waals surface area contributed by atoms with Gasteiger partial charge in [-0.05, 0) is 19.4 Å². The molecule has 0 amide bonds. The molecule has 0 fully saturated rings. The molecule has 1 unspecified atom stereocenters. The Bertz CT molecular complexity index is 340. The third-order valence-electron chi connectivity index (χ3n) is 2.11. The lowest BCUT2D eigenvalue weighted by molar-refractivity contribution is 0.389. The van der Waals surface area contributed by atoms with E-state index < -0.39 is 0 Å². The van der Waals surface area contributed by atoms with Crippen LogP contribution in [0.1, 0.15) is 12.5 Å². The molecule has 1 aromatic rings. The van der Waals surface area contributed by atoms with Crippen molar-refractivity contribution in [3.05, 3.63) is 22.2 Å². The third-order valence-corrected chi connectivity index (χ3v) is 2.82. The predicted octanol–water partition coefficient (Wildman–Crippen LogP) is 2.36. The summed E-state index contributed by atoms with van der Waals surface area (Å²) in [5, 5.41) is 0. The molecule has 0 saturated heterocycles. The Balaban J connectivity index is 3.12. The van der Waals surface area contributed by atoms with Crippen LogP contribution in [0, 0.1) is 0 Å². The average Bonchev–Trinajstić information content (AvgIpc) is 2.20. The largest absolute Gasteiger partial charge is 0.497 e. The monoisotopic (exact) mass is 273 g/mol. The lowest BCUT2D eigenvalue weighted by Crippen LogP contribution is -2.18. The summed E-state index contributed by atoms with van der Waals surface area (Å²) in [4.78, 5) is 0. The van der Waals surface area contributed by atoms with E-state index in [-0.39, 0.29) is 6.04 Å². The highest BCUT2D eigenvalue weighted by Crippen LogP contribution is 2.32. The van der Waals surface area contributed by atoms with Crippen LogP contribution in [0.15, 0.2) is 16.6 Å². The molecule has 0 aliphatic heterocycles. The van der Waals surface area contributed by atoms with Gasteiger partial charge in [-0.2, -0.15) is 0 Å². The normalized spacial score (nSPS) is 12.3. The van der Waals surface area contributed by atoms with Crippen molar-refractivity contribution in [3.8, 4) is 11.5 Å². The Labute approximate surface area is 98.7 Å². The molecule has 84 valence electrons. The summed E-state index contributed by atoms with van der Waals surface area (Å²) in [7, 11) is 3.28. The molecule has 0 spiro atoms. The quantitative estimate of drug-likeness (QED) is 0.916. The van der Waals surface area contributed by atoms with Gasteiger partial charge in [-0.1, -0.05) is 15.9 Å². The number of hydrogen-bond acceptors (Lipinski definition) is 3. The minimum absolute atomic E-state index is 0.101. The summed E-state index contributed by atoms with van der Waals surface area (Å²) >= 11 is 3.49. The smallest absolute Gasteiger partial charge is 0.126 e. The Morgan fingerprint density at radius 3 is 2.47 bits per heavy atom. The zero-order valence-corrected chi connectivity index (χ0v) is 10.8. The Morgan fingerprint density at radius 2 is 2.00 bits per heavy atom. The van der Waals surface area contributed by atoms with E-state index in [9.17, 15) is 0 Å². The van der Waals surface area contributed by atoms with Crippen molar-refractivity contribution < 1.29 is 9.47 Å². The lowest BCUT2D eigenvalue weighted by Gasteiger charge is -2.14. The predicted molar refractivity (Wildman–Crippen MR) is 64.6 cm³/mol. The van der Waals surface area contributed by atoms with Crippen LogP contribution in [-0.2, 0) is 6.42 Å². The van der Waals surface area contributed by atoms with Crippen molar-refractivity contribution in [1.82, 2.24) is 0 Å². The van der Waals surface area contributed by atoms with E-state index >= 15 is 0 Å². The Kier molecular flexibility index (Phi) is 4.42. The van der Waals surface area contributed by atoms with Gasteiger partial charge in [0.2, 0.25) is 0 Å². The van der Waals surface area contributed by atoms with Crippen molar-refractivity contribution in [3.63, 3.8) is 0 Å². The van der Waals surface area contributed by atoms with Gasteiger partial charge in [-0.3, -0.25) is 0 Å². The second-order valence-electron chi connectivity index (χ2n) is 3.47. The zero-order valence-electron chi connectivity index (χ0n) is 9.21. The summed E-state index contributed by atoms with van der Waals surface area (Å²) in [6.07, 6.45) is 0.772. The molecule has 0 heterocycles. The summed E-state index contributed by atoms with van der Waals surface area (Å²) in [6, 6.07) is 3.88. The molecule has 1 atom stereocenters. The molecule has 15 heavy (non-hydrogen) atoms. The molecular weight excluding hydrogens is 258 g/mol. The molecule has 0 aromatic heterocycles. The highest BCUT2D eigenvalue weighted by Gasteiger charge is 2.11. The molecule has 0 radical (unpaired) electrons. The minimum Gasteiger partial charge on any atom is -0.497 e. The van der Waals surface area contributed by atoms with Gasteiger partial charge in [0.1, 0.15) is 11.5 Å². The first-order valence-corrected chi connectivity index (χ1v) is 5.53. The number of rotatable bonds is 4. The van der Waals surface area contributed by atoms with Crippen LogP contribution < -0.4 is 15.2 Å². The van der Waals surface area contributed by atoms with Crippen molar-refractivity contribution in [1.29, 1.82) is 0 Å². The van der Waals surface area contributed by atoms with Crippen molar-refractivity contribution in [2.75, 3.05) is 14.2 Å². The fraction of sp³-hybridized carbons (Fsp3) is 0.455. The first-order valence-electron chi connectivity index (χ1n) is 4.74. The molecule has 0 bridgehead atoms. The van der Waals surface area contributed by atoms with Gasteiger partial charge in [0.05, 0.1) is 14.2 Å². The van der Waals surface area contributed by atoms with E-state index in [4.69, 9.17) is 15.2 Å². The standard InChI is InChI=1S/C11H16BrNO2/c1-7(13)4-9-10(12)5-8(14-2)6-11(9)15-3/h5-7H,4,13H2,1-3H3. The van der Waals surface area contributed by atoms with E-state index in [0.717, 1.165) is 28.0 Å². The summed E-state index contributed by atoms with van der Waals surface area (Å²) < 4.78 is 11.4. The molecule has 0 aliphatic carbocycles. The average molecular weight is 274 g/mol. The summed E-state index contributed by atoms with van der Waals surface area (Å²) in [5.74, 6) is 1.57. The SMILES string of the molecule is COc1cc(Br)c(CC(C)N)c(OC)c1. The van der Waals surface area contributed by atoms with E-state index in [1.54, 1.807) is 14.2 Å². The van der Waals surface area contributed by atoms with E-state index in [1.807, 2.05) is 19.1 Å². The van der Waals surface area contributed by atoms with Gasteiger partial charge >= 0.3 is 0 Å². The number of halogens is 1. The van der Waals surface area contributed by atoms with E-state index in [1.165, 1.54) is 0 Å². The number of ether oxygens (including phenoxy) is 2.